The van der Waals surface area contributed by atoms with Crippen molar-refractivity contribution in [1.29, 1.82) is 0 Å². The highest BCUT2D eigenvalue weighted by Crippen LogP contribution is 2.06. The van der Waals surface area contributed by atoms with Gasteiger partial charge in [0, 0.05) is 6.42 Å². The molecule has 1 atom stereocenters. The van der Waals surface area contributed by atoms with E-state index in [9.17, 15) is 0 Å². The Hall–Kier alpha value is -0.870. The predicted molar refractivity (Wildman–Crippen MR) is 60.8 cm³/mol. The van der Waals surface area contributed by atoms with Crippen LogP contribution in [0.3, 0.4) is 0 Å². The Bertz CT molecular complexity index is 382. The van der Waals surface area contributed by atoms with Crippen LogP contribution in [0.25, 0.3) is 0 Å². The third kappa shape index (κ3) is 2.08. The van der Waals surface area contributed by atoms with Crippen molar-refractivity contribution < 1.29 is 0 Å². The lowest BCUT2D eigenvalue weighted by atomic mass is 10.2. The maximum absolute atomic E-state index is 5.17. The number of nitrogens with zero attached hydrogens (tertiary/aromatic N) is 2. The Morgan fingerprint density at radius 3 is 2.62 bits per heavy atom. The Morgan fingerprint density at radius 2 is 2.00 bits per heavy atom. The van der Waals surface area contributed by atoms with Crippen LogP contribution in [0, 0.1) is 0 Å². The van der Waals surface area contributed by atoms with E-state index in [1.165, 1.54) is 5.56 Å². The van der Waals surface area contributed by atoms with Crippen molar-refractivity contribution in [2.75, 3.05) is 0 Å². The monoisotopic (exact) mass is 208 g/mol. The average Bonchev–Trinajstić information content (AvgIpc) is 2.54. The lowest BCUT2D eigenvalue weighted by Crippen LogP contribution is -2.06. The summed E-state index contributed by atoms with van der Waals surface area (Å²) in [5.74, 6) is 0. The minimum atomic E-state index is -0.269. The van der Waals surface area contributed by atoms with Gasteiger partial charge in [-0.25, -0.2) is 0 Å². The van der Waals surface area contributed by atoms with E-state index in [0.717, 1.165) is 11.5 Å². The summed E-state index contributed by atoms with van der Waals surface area (Å²) in [7, 11) is -0.269. The fourth-order valence-corrected chi connectivity index (χ4v) is 2.19. The molecule has 2 nitrogen and oxygen atoms in total. The number of benzene rings is 1. The van der Waals surface area contributed by atoms with Crippen LogP contribution >= 0.6 is 0 Å². The molecule has 0 fully saturated rings. The summed E-state index contributed by atoms with van der Waals surface area (Å²) in [6.45, 7) is 0. The van der Waals surface area contributed by atoms with Crippen molar-refractivity contribution in [3.05, 3.63) is 35.9 Å². The van der Waals surface area contributed by atoms with Crippen LogP contribution in [0.15, 0.2) is 40.5 Å². The minimum absolute atomic E-state index is 0.269. The zero-order chi connectivity index (χ0) is 9.10. The fraction of sp³-hybridized carbons (Fsp3) is 0.111. The molecule has 0 aromatic heterocycles. The Balaban J connectivity index is 2.12. The summed E-state index contributed by atoms with van der Waals surface area (Å²) in [4.78, 5) is 0. The first-order chi connectivity index (χ1) is 6.36. The molecule has 1 aliphatic rings. The molecule has 1 aromatic carbocycles. The van der Waals surface area contributed by atoms with Crippen LogP contribution in [-0.2, 0) is 27.1 Å². The molecule has 1 aromatic rings. The van der Waals surface area contributed by atoms with Gasteiger partial charge < -0.3 is 0 Å². The lowest BCUT2D eigenvalue weighted by molar-refractivity contribution is 1.24. The van der Waals surface area contributed by atoms with Crippen LogP contribution in [-0.4, -0.2) is 10.6 Å². The number of rotatable bonds is 2. The zero-order valence-electron chi connectivity index (χ0n) is 6.88. The second-order valence-electron chi connectivity index (χ2n) is 2.67. The van der Waals surface area contributed by atoms with Crippen molar-refractivity contribution >= 4 is 31.2 Å². The maximum Gasteiger partial charge on any atom is 0.110 e. The molecule has 0 bridgehead atoms. The van der Waals surface area contributed by atoms with Gasteiger partial charge in [-0.2, -0.15) is 5.10 Å². The summed E-state index contributed by atoms with van der Waals surface area (Å²) >= 11 is 5.17. The molecule has 0 N–H and O–H groups in total. The van der Waals surface area contributed by atoms with Gasteiger partial charge in [-0.05, 0) is 26.2 Å². The molecule has 1 heterocycles. The summed E-state index contributed by atoms with van der Waals surface area (Å²) in [6.07, 6.45) is 0.827. The van der Waals surface area contributed by atoms with Crippen molar-refractivity contribution in [3.8, 4) is 0 Å². The van der Waals surface area contributed by atoms with Gasteiger partial charge in [-0.1, -0.05) is 30.3 Å². The van der Waals surface area contributed by atoms with Crippen molar-refractivity contribution in [2.45, 2.75) is 6.42 Å². The summed E-state index contributed by atoms with van der Waals surface area (Å²) in [5.41, 5.74) is 2.97. The standard InChI is InChI=1S/C9H8N2S2/c12-13-7-10-11-9(13)6-8-4-2-1-3-5-8/h1-5,7H,6H2. The maximum atomic E-state index is 5.17. The molecule has 0 saturated carbocycles. The van der Waals surface area contributed by atoms with Crippen molar-refractivity contribution in [1.82, 2.24) is 0 Å². The van der Waals surface area contributed by atoms with Crippen molar-refractivity contribution in [3.63, 3.8) is 0 Å². The van der Waals surface area contributed by atoms with Crippen LogP contribution in [0.1, 0.15) is 5.56 Å². The van der Waals surface area contributed by atoms with Crippen molar-refractivity contribution in [2.24, 2.45) is 10.2 Å². The van der Waals surface area contributed by atoms with Crippen LogP contribution < -0.4 is 0 Å². The van der Waals surface area contributed by atoms with Gasteiger partial charge in [0.1, 0.15) is 5.04 Å². The van der Waals surface area contributed by atoms with Gasteiger partial charge in [-0.3, -0.25) is 0 Å². The fourth-order valence-electron chi connectivity index (χ4n) is 1.11. The molecular formula is C9H8N2S2. The molecule has 1 unspecified atom stereocenters. The van der Waals surface area contributed by atoms with E-state index in [4.69, 9.17) is 11.2 Å². The Morgan fingerprint density at radius 1 is 1.23 bits per heavy atom. The van der Waals surface area contributed by atoms with Crippen LogP contribution in [0.4, 0.5) is 0 Å². The van der Waals surface area contributed by atoms with Gasteiger partial charge in [0.2, 0.25) is 0 Å². The van der Waals surface area contributed by atoms with Crippen LogP contribution in [0.2, 0.25) is 0 Å². The highest BCUT2D eigenvalue weighted by molar-refractivity contribution is 8.45. The van der Waals surface area contributed by atoms with Gasteiger partial charge >= 0.3 is 0 Å². The third-order valence-corrected chi connectivity index (χ3v) is 3.55. The van der Waals surface area contributed by atoms with E-state index in [0.29, 0.717) is 0 Å². The summed E-state index contributed by atoms with van der Waals surface area (Å²) < 4.78 is 0. The second-order valence-corrected chi connectivity index (χ2v) is 5.03. The highest BCUT2D eigenvalue weighted by Gasteiger charge is 2.08. The molecule has 1 aliphatic heterocycles. The topological polar surface area (TPSA) is 24.7 Å². The molecule has 2 rings (SSSR count). The smallest absolute Gasteiger partial charge is 0.110 e. The average molecular weight is 208 g/mol. The van der Waals surface area contributed by atoms with Gasteiger partial charge in [0.15, 0.2) is 0 Å². The lowest BCUT2D eigenvalue weighted by Gasteiger charge is -1.99. The molecule has 0 radical (unpaired) electrons. The van der Waals surface area contributed by atoms with E-state index in [1.54, 1.807) is 5.55 Å². The minimum Gasteiger partial charge on any atom is -0.151 e. The normalized spacial score (nSPS) is 20.3. The van der Waals surface area contributed by atoms with E-state index >= 15 is 0 Å². The summed E-state index contributed by atoms with van der Waals surface area (Å²) in [6, 6.07) is 10.2. The first kappa shape index (κ1) is 8.72. The Kier molecular flexibility index (Phi) is 2.61. The molecule has 13 heavy (non-hydrogen) atoms. The molecule has 0 aliphatic carbocycles. The molecule has 0 spiro atoms. The molecular weight excluding hydrogens is 200 g/mol. The molecule has 4 heteroatoms. The van der Waals surface area contributed by atoms with Gasteiger partial charge in [0.05, 0.1) is 5.55 Å². The van der Waals surface area contributed by atoms with Gasteiger partial charge in [-0.15, -0.1) is 5.10 Å². The zero-order valence-corrected chi connectivity index (χ0v) is 8.52. The molecule has 0 saturated heterocycles. The number of hydrogen-bond donors (Lipinski definition) is 0. The molecule has 0 amide bonds. The Labute approximate surface area is 84.0 Å². The first-order valence-corrected chi connectivity index (χ1v) is 6.12. The van der Waals surface area contributed by atoms with Crippen LogP contribution in [0.5, 0.6) is 0 Å². The van der Waals surface area contributed by atoms with E-state index in [-0.39, 0.29) is 9.45 Å². The molecule has 66 valence electrons. The van der Waals surface area contributed by atoms with Gasteiger partial charge in [0.25, 0.3) is 0 Å². The van der Waals surface area contributed by atoms with E-state index in [2.05, 4.69) is 22.3 Å². The third-order valence-electron chi connectivity index (χ3n) is 1.74. The summed E-state index contributed by atoms with van der Waals surface area (Å²) in [5, 5.41) is 8.82. The largest absolute Gasteiger partial charge is 0.151 e. The predicted octanol–water partition coefficient (Wildman–Crippen LogP) is 1.66. The second kappa shape index (κ2) is 3.89. The first-order valence-electron chi connectivity index (χ1n) is 3.91. The van der Waals surface area contributed by atoms with E-state index < -0.39 is 0 Å². The number of hydrogen-bond acceptors (Lipinski definition) is 3. The van der Waals surface area contributed by atoms with E-state index in [1.807, 2.05) is 18.2 Å². The quantitative estimate of drug-likeness (QED) is 0.725. The highest BCUT2D eigenvalue weighted by atomic mass is 32.8. The SMILES string of the molecule is S=S1C=NN=C1Cc1ccccc1.